The highest BCUT2D eigenvalue weighted by molar-refractivity contribution is 7.99. The molecule has 12 heteroatoms. The number of para-hydroxylation sites is 2. The number of sulfonamides is 1. The van der Waals surface area contributed by atoms with Crippen molar-refractivity contribution in [3.63, 3.8) is 0 Å². The molecule has 0 radical (unpaired) electrons. The van der Waals surface area contributed by atoms with Crippen LogP contribution in [0.15, 0.2) is 92.2 Å². The molecule has 0 spiro atoms. The fraction of sp³-hybridized carbons (Fsp3) is 0.0800. The van der Waals surface area contributed by atoms with E-state index >= 15 is 0 Å². The van der Waals surface area contributed by atoms with Crippen molar-refractivity contribution in [2.45, 2.75) is 22.5 Å². The average Bonchev–Trinajstić information content (AvgIpc) is 3.23. The minimum Gasteiger partial charge on any atom is -0.322 e. The zero-order valence-corrected chi connectivity index (χ0v) is 21.7. The molecule has 3 N–H and O–H groups in total. The van der Waals surface area contributed by atoms with Gasteiger partial charge in [-0.1, -0.05) is 48.0 Å². The van der Waals surface area contributed by atoms with Crippen LogP contribution >= 0.6 is 23.4 Å². The van der Waals surface area contributed by atoms with Crippen LogP contribution in [-0.4, -0.2) is 28.2 Å². The Morgan fingerprint density at radius 3 is 2.51 bits per heavy atom. The number of rotatable bonds is 7. The molecular formula is C25H20ClN5O4S2. The zero-order valence-electron chi connectivity index (χ0n) is 19.4. The lowest BCUT2D eigenvalue weighted by atomic mass is 10.1. The molecule has 0 aliphatic rings. The monoisotopic (exact) mass is 553 g/mol. The van der Waals surface area contributed by atoms with E-state index in [1.165, 1.54) is 23.9 Å². The number of H-pyrrole nitrogens is 2. The van der Waals surface area contributed by atoms with Crippen LogP contribution in [0.4, 0.5) is 5.95 Å². The molecule has 5 rings (SSSR count). The summed E-state index contributed by atoms with van der Waals surface area (Å²) in [6.45, 7) is 1.70. The molecule has 0 amide bonds. The molecule has 0 saturated carbocycles. The largest absolute Gasteiger partial charge is 0.349 e. The standard InChI is InChI=1S/C25H20ClN5O4S2/c1-15-11-22(37(34,35)30-24-28-25(33)31(29-24)17-7-3-2-4-8-17)21(13-19(15)26)36-14-16-12-23(32)27-20-10-6-5-9-18(16)20/h2-13H,14H2,1H3,(H,27,32)(H2,28,29,30,33). The van der Waals surface area contributed by atoms with E-state index in [-0.39, 0.29) is 16.4 Å². The highest BCUT2D eigenvalue weighted by atomic mass is 35.5. The van der Waals surface area contributed by atoms with E-state index in [0.29, 0.717) is 32.4 Å². The SMILES string of the molecule is Cc1cc(S(=O)(=O)Nc2nn(-c3ccccc3)c(=O)[nH]2)c(SCc2cc(=O)[nH]c3ccccc23)cc1Cl. The van der Waals surface area contributed by atoms with Crippen molar-refractivity contribution < 1.29 is 8.42 Å². The van der Waals surface area contributed by atoms with Crippen molar-refractivity contribution >= 4 is 50.2 Å². The third-order valence-corrected chi connectivity index (χ3v) is 8.60. The Labute approximate surface area is 220 Å². The summed E-state index contributed by atoms with van der Waals surface area (Å²) in [7, 11) is -4.17. The number of aryl methyl sites for hydroxylation is 1. The van der Waals surface area contributed by atoms with Crippen molar-refractivity contribution in [2.75, 3.05) is 4.72 Å². The van der Waals surface area contributed by atoms with Crippen LogP contribution in [0, 0.1) is 6.92 Å². The average molecular weight is 554 g/mol. The number of pyridine rings is 1. The van der Waals surface area contributed by atoms with Crippen molar-refractivity contribution in [1.29, 1.82) is 0 Å². The Hall–Kier alpha value is -3.80. The molecule has 0 fully saturated rings. The predicted molar refractivity (Wildman–Crippen MR) is 145 cm³/mol. The number of nitrogens with one attached hydrogen (secondary N) is 3. The Morgan fingerprint density at radius 2 is 1.73 bits per heavy atom. The predicted octanol–water partition coefficient (Wildman–Crippen LogP) is 4.46. The van der Waals surface area contributed by atoms with E-state index in [0.717, 1.165) is 15.6 Å². The number of benzene rings is 3. The highest BCUT2D eigenvalue weighted by Crippen LogP contribution is 2.35. The van der Waals surface area contributed by atoms with Crippen LogP contribution in [0.1, 0.15) is 11.1 Å². The second-order valence-electron chi connectivity index (χ2n) is 8.17. The first-order valence-corrected chi connectivity index (χ1v) is 13.9. The van der Waals surface area contributed by atoms with Gasteiger partial charge in [0.1, 0.15) is 4.90 Å². The quantitative estimate of drug-likeness (QED) is 0.255. The van der Waals surface area contributed by atoms with E-state index < -0.39 is 15.7 Å². The van der Waals surface area contributed by atoms with Gasteiger partial charge < -0.3 is 4.98 Å². The van der Waals surface area contributed by atoms with E-state index in [2.05, 4.69) is 19.8 Å². The van der Waals surface area contributed by atoms with Gasteiger partial charge in [-0.25, -0.2) is 17.9 Å². The summed E-state index contributed by atoms with van der Waals surface area (Å²) in [5.41, 5.74) is 1.66. The first-order valence-electron chi connectivity index (χ1n) is 11.0. The van der Waals surface area contributed by atoms with Gasteiger partial charge >= 0.3 is 5.69 Å². The minimum absolute atomic E-state index is 0.0244. The first kappa shape index (κ1) is 24.9. The van der Waals surface area contributed by atoms with Gasteiger partial charge in [0.05, 0.1) is 5.69 Å². The van der Waals surface area contributed by atoms with Crippen LogP contribution in [0.3, 0.4) is 0 Å². The van der Waals surface area contributed by atoms with Gasteiger partial charge in [-0.15, -0.1) is 16.9 Å². The van der Waals surface area contributed by atoms with E-state index in [1.807, 2.05) is 24.3 Å². The van der Waals surface area contributed by atoms with Crippen LogP contribution in [0.2, 0.25) is 5.02 Å². The van der Waals surface area contributed by atoms with Gasteiger partial charge in [0.2, 0.25) is 11.5 Å². The topological polar surface area (TPSA) is 130 Å². The summed E-state index contributed by atoms with van der Waals surface area (Å²) < 4.78 is 30.3. The van der Waals surface area contributed by atoms with Crippen LogP contribution in [0.5, 0.6) is 0 Å². The Morgan fingerprint density at radius 1 is 1.00 bits per heavy atom. The van der Waals surface area contributed by atoms with Crippen molar-refractivity contribution in [1.82, 2.24) is 19.7 Å². The number of nitrogens with zero attached hydrogens (tertiary/aromatic N) is 2. The molecule has 0 unspecified atom stereocenters. The smallest absolute Gasteiger partial charge is 0.322 e. The lowest BCUT2D eigenvalue weighted by Crippen LogP contribution is -2.16. The molecule has 37 heavy (non-hydrogen) atoms. The fourth-order valence-electron chi connectivity index (χ4n) is 3.81. The van der Waals surface area contributed by atoms with Crippen LogP contribution in [-0.2, 0) is 15.8 Å². The summed E-state index contributed by atoms with van der Waals surface area (Å²) in [5.74, 6) is 0.101. The maximum Gasteiger partial charge on any atom is 0.349 e. The van der Waals surface area contributed by atoms with Gasteiger partial charge in [0, 0.05) is 32.6 Å². The molecule has 3 aromatic carbocycles. The lowest BCUT2D eigenvalue weighted by molar-refractivity contribution is 0.598. The van der Waals surface area contributed by atoms with Gasteiger partial charge in [-0.05, 0) is 48.4 Å². The number of anilines is 1. The molecule has 0 bridgehead atoms. The molecule has 5 aromatic rings. The summed E-state index contributed by atoms with van der Waals surface area (Å²) in [6.07, 6.45) is 0. The summed E-state index contributed by atoms with van der Waals surface area (Å²) in [5, 5.41) is 5.35. The van der Waals surface area contributed by atoms with Crippen LogP contribution in [0.25, 0.3) is 16.6 Å². The van der Waals surface area contributed by atoms with E-state index in [1.54, 1.807) is 43.3 Å². The molecule has 188 valence electrons. The Balaban J connectivity index is 1.48. The number of aromatic nitrogens is 4. The Kier molecular flexibility index (Phi) is 6.67. The number of thioether (sulfide) groups is 1. The third kappa shape index (κ3) is 5.19. The molecule has 0 aliphatic heterocycles. The van der Waals surface area contributed by atoms with Gasteiger partial charge in [0.25, 0.3) is 10.0 Å². The second-order valence-corrected chi connectivity index (χ2v) is 11.2. The summed E-state index contributed by atoms with van der Waals surface area (Å²) in [4.78, 5) is 30.1. The highest BCUT2D eigenvalue weighted by Gasteiger charge is 2.23. The number of aromatic amines is 2. The molecule has 0 aliphatic carbocycles. The number of fused-ring (bicyclic) bond motifs is 1. The summed E-state index contributed by atoms with van der Waals surface area (Å²) >= 11 is 7.58. The maximum atomic E-state index is 13.4. The normalized spacial score (nSPS) is 11.6. The molecule has 2 aromatic heterocycles. The first-order chi connectivity index (χ1) is 17.7. The second kappa shape index (κ2) is 9.92. The molecule has 0 saturated heterocycles. The van der Waals surface area contributed by atoms with Crippen molar-refractivity contribution in [3.8, 4) is 5.69 Å². The summed E-state index contributed by atoms with van der Waals surface area (Å²) in [6, 6.07) is 20.6. The van der Waals surface area contributed by atoms with Gasteiger partial charge in [0.15, 0.2) is 0 Å². The number of halogens is 1. The lowest BCUT2D eigenvalue weighted by Gasteiger charge is -2.13. The fourth-order valence-corrected chi connectivity index (χ4v) is 6.61. The van der Waals surface area contributed by atoms with E-state index in [4.69, 9.17) is 11.6 Å². The molecule has 0 atom stereocenters. The van der Waals surface area contributed by atoms with Gasteiger partial charge in [-0.2, -0.15) is 4.68 Å². The molecular weight excluding hydrogens is 534 g/mol. The number of hydrogen-bond donors (Lipinski definition) is 3. The Bertz CT molecular complexity index is 1850. The van der Waals surface area contributed by atoms with Crippen molar-refractivity contribution in [3.05, 3.63) is 110 Å². The zero-order chi connectivity index (χ0) is 26.2. The van der Waals surface area contributed by atoms with Crippen LogP contribution < -0.4 is 16.0 Å². The molecule has 2 heterocycles. The number of hydrogen-bond acceptors (Lipinski definition) is 6. The van der Waals surface area contributed by atoms with Gasteiger partial charge in [-0.3, -0.25) is 9.78 Å². The van der Waals surface area contributed by atoms with Crippen molar-refractivity contribution in [2.24, 2.45) is 0 Å². The van der Waals surface area contributed by atoms with E-state index in [9.17, 15) is 18.0 Å². The third-order valence-electron chi connectivity index (χ3n) is 5.58. The minimum atomic E-state index is -4.17. The molecule has 9 nitrogen and oxygen atoms in total. The maximum absolute atomic E-state index is 13.4.